The Balaban J connectivity index is 2.21. The number of aryl methyl sites for hydroxylation is 1. The van der Waals surface area contributed by atoms with Crippen molar-refractivity contribution in [3.8, 4) is 0 Å². The number of ether oxygens (including phenoxy) is 1. The summed E-state index contributed by atoms with van der Waals surface area (Å²) >= 11 is 0. The number of anilines is 1. The van der Waals surface area contributed by atoms with Crippen LogP contribution in [0.15, 0.2) is 24.3 Å². The Bertz CT molecular complexity index is 394. The van der Waals surface area contributed by atoms with Crippen LogP contribution in [0.25, 0.3) is 0 Å². The second kappa shape index (κ2) is 5.29. The van der Waals surface area contributed by atoms with Crippen LogP contribution in [0.4, 0.5) is 5.69 Å². The van der Waals surface area contributed by atoms with Crippen molar-refractivity contribution in [2.45, 2.75) is 26.8 Å². The molecule has 1 fully saturated rings. The van der Waals surface area contributed by atoms with Gasteiger partial charge in [0.1, 0.15) is 0 Å². The molecule has 100 valence electrons. The van der Waals surface area contributed by atoms with Crippen LogP contribution in [0.5, 0.6) is 0 Å². The molecule has 0 saturated carbocycles. The zero-order valence-electron chi connectivity index (χ0n) is 11.5. The first-order chi connectivity index (χ1) is 8.58. The predicted octanol–water partition coefficient (Wildman–Crippen LogP) is 2.22. The van der Waals surface area contributed by atoms with E-state index in [0.29, 0.717) is 19.3 Å². The van der Waals surface area contributed by atoms with E-state index in [1.807, 2.05) is 0 Å². The Labute approximate surface area is 109 Å². The lowest BCUT2D eigenvalue weighted by molar-refractivity contribution is -0.131. The minimum atomic E-state index is -0.0768. The molecular weight excluding hydrogens is 226 g/mol. The smallest absolute Gasteiger partial charge is 0.0584 e. The topological polar surface area (TPSA) is 32.7 Å². The average molecular weight is 249 g/mol. The molecule has 3 nitrogen and oxygen atoms in total. The third kappa shape index (κ3) is 2.52. The molecule has 0 unspecified atom stereocenters. The Hall–Kier alpha value is -1.06. The van der Waals surface area contributed by atoms with Gasteiger partial charge in [-0.15, -0.1) is 0 Å². The van der Waals surface area contributed by atoms with Crippen LogP contribution in [-0.4, -0.2) is 37.5 Å². The molecule has 18 heavy (non-hydrogen) atoms. The fourth-order valence-electron chi connectivity index (χ4n) is 2.42. The van der Waals surface area contributed by atoms with Crippen LogP contribution in [0.2, 0.25) is 0 Å². The van der Waals surface area contributed by atoms with E-state index in [1.165, 1.54) is 11.3 Å². The molecule has 2 rings (SSSR count). The maximum atomic E-state index is 9.58. The van der Waals surface area contributed by atoms with Crippen molar-refractivity contribution in [1.82, 2.24) is 0 Å². The van der Waals surface area contributed by atoms with Gasteiger partial charge in [-0.05, 0) is 32.4 Å². The minimum absolute atomic E-state index is 0.0768. The first-order valence-electron chi connectivity index (χ1n) is 6.59. The molecule has 0 atom stereocenters. The van der Waals surface area contributed by atoms with Crippen molar-refractivity contribution >= 4 is 5.69 Å². The van der Waals surface area contributed by atoms with Gasteiger partial charge in [0.15, 0.2) is 0 Å². The lowest BCUT2D eigenvalue weighted by Gasteiger charge is -2.45. The van der Waals surface area contributed by atoms with Crippen LogP contribution in [0, 0.1) is 12.3 Å². The number of nitrogens with zero attached hydrogens (tertiary/aromatic N) is 1. The molecule has 1 saturated heterocycles. The summed E-state index contributed by atoms with van der Waals surface area (Å²) in [5.74, 6) is 0. The summed E-state index contributed by atoms with van der Waals surface area (Å²) in [5.41, 5.74) is 2.46. The van der Waals surface area contributed by atoms with Gasteiger partial charge in [0, 0.05) is 18.3 Å². The van der Waals surface area contributed by atoms with Crippen LogP contribution in [0.3, 0.4) is 0 Å². The first kappa shape index (κ1) is 13.4. The molecule has 1 aromatic carbocycles. The van der Waals surface area contributed by atoms with E-state index < -0.39 is 0 Å². The van der Waals surface area contributed by atoms with E-state index in [-0.39, 0.29) is 12.0 Å². The fraction of sp³-hybridized carbons (Fsp3) is 0.600. The number of hydrogen-bond donors (Lipinski definition) is 1. The minimum Gasteiger partial charge on any atom is -0.396 e. The number of rotatable bonds is 5. The van der Waals surface area contributed by atoms with Crippen molar-refractivity contribution in [3.63, 3.8) is 0 Å². The zero-order chi connectivity index (χ0) is 13.2. The number of benzene rings is 1. The summed E-state index contributed by atoms with van der Waals surface area (Å²) in [7, 11) is 0. The molecule has 0 bridgehead atoms. The number of para-hydroxylation sites is 1. The monoisotopic (exact) mass is 249 g/mol. The Morgan fingerprint density at radius 3 is 2.44 bits per heavy atom. The summed E-state index contributed by atoms with van der Waals surface area (Å²) in [6, 6.07) is 8.83. The summed E-state index contributed by atoms with van der Waals surface area (Å²) in [4.78, 5) is 2.37. The van der Waals surface area contributed by atoms with Crippen molar-refractivity contribution in [2.24, 2.45) is 5.41 Å². The summed E-state index contributed by atoms with van der Waals surface area (Å²) in [6.45, 7) is 8.90. The maximum Gasteiger partial charge on any atom is 0.0584 e. The molecule has 1 N–H and O–H groups in total. The van der Waals surface area contributed by atoms with Crippen LogP contribution in [0.1, 0.15) is 19.4 Å². The van der Waals surface area contributed by atoms with Gasteiger partial charge in [0.25, 0.3) is 0 Å². The van der Waals surface area contributed by atoms with Gasteiger partial charge >= 0.3 is 0 Å². The standard InChI is InChI=1S/C15H23NO2/c1-12(2)16(8-15(9-17)10-18-11-15)14-7-5-4-6-13(14)3/h4-7,12,17H,8-11H2,1-3H3. The SMILES string of the molecule is Cc1ccccc1N(CC1(CO)COC1)C(C)C. The second-order valence-corrected chi connectivity index (χ2v) is 5.66. The summed E-state index contributed by atoms with van der Waals surface area (Å²) in [5, 5.41) is 9.58. The van der Waals surface area contributed by atoms with Crippen molar-refractivity contribution in [1.29, 1.82) is 0 Å². The molecule has 0 spiro atoms. The Morgan fingerprint density at radius 1 is 1.33 bits per heavy atom. The average Bonchev–Trinajstić information content (AvgIpc) is 2.30. The molecule has 1 aliphatic heterocycles. The number of aliphatic hydroxyl groups is 1. The molecule has 0 radical (unpaired) electrons. The molecule has 0 aliphatic carbocycles. The van der Waals surface area contributed by atoms with Crippen LogP contribution < -0.4 is 4.90 Å². The Morgan fingerprint density at radius 2 is 2.00 bits per heavy atom. The van der Waals surface area contributed by atoms with E-state index in [2.05, 4.69) is 49.9 Å². The van der Waals surface area contributed by atoms with Crippen molar-refractivity contribution < 1.29 is 9.84 Å². The first-order valence-corrected chi connectivity index (χ1v) is 6.59. The summed E-state index contributed by atoms with van der Waals surface area (Å²) in [6.07, 6.45) is 0. The van der Waals surface area contributed by atoms with Gasteiger partial charge < -0.3 is 14.7 Å². The molecule has 1 heterocycles. The highest BCUT2D eigenvalue weighted by molar-refractivity contribution is 5.53. The normalized spacial score (nSPS) is 17.6. The van der Waals surface area contributed by atoms with Gasteiger partial charge in [-0.25, -0.2) is 0 Å². The zero-order valence-corrected chi connectivity index (χ0v) is 11.5. The second-order valence-electron chi connectivity index (χ2n) is 5.66. The van der Waals surface area contributed by atoms with Gasteiger partial charge in [-0.1, -0.05) is 18.2 Å². The molecule has 1 aromatic rings. The highest BCUT2D eigenvalue weighted by Crippen LogP contribution is 2.32. The van der Waals surface area contributed by atoms with Gasteiger partial charge in [-0.3, -0.25) is 0 Å². The quantitative estimate of drug-likeness (QED) is 0.868. The van der Waals surface area contributed by atoms with E-state index >= 15 is 0 Å². The van der Waals surface area contributed by atoms with Gasteiger partial charge in [-0.2, -0.15) is 0 Å². The number of hydrogen-bond acceptors (Lipinski definition) is 3. The maximum absolute atomic E-state index is 9.58. The molecular formula is C15H23NO2. The predicted molar refractivity (Wildman–Crippen MR) is 74.0 cm³/mol. The van der Waals surface area contributed by atoms with E-state index in [1.54, 1.807) is 0 Å². The van der Waals surface area contributed by atoms with Crippen molar-refractivity contribution in [3.05, 3.63) is 29.8 Å². The van der Waals surface area contributed by atoms with Gasteiger partial charge in [0.2, 0.25) is 0 Å². The highest BCUT2D eigenvalue weighted by Gasteiger charge is 2.40. The van der Waals surface area contributed by atoms with Crippen LogP contribution in [-0.2, 0) is 4.74 Å². The third-order valence-electron chi connectivity index (χ3n) is 3.71. The van der Waals surface area contributed by atoms with Crippen LogP contribution >= 0.6 is 0 Å². The van der Waals surface area contributed by atoms with E-state index in [4.69, 9.17) is 4.74 Å². The summed E-state index contributed by atoms with van der Waals surface area (Å²) < 4.78 is 5.29. The Kier molecular flexibility index (Phi) is 3.93. The third-order valence-corrected chi connectivity index (χ3v) is 3.71. The lowest BCUT2D eigenvalue weighted by atomic mass is 9.85. The van der Waals surface area contributed by atoms with Crippen molar-refractivity contribution in [2.75, 3.05) is 31.3 Å². The number of aliphatic hydroxyl groups excluding tert-OH is 1. The lowest BCUT2D eigenvalue weighted by Crippen LogP contribution is -2.54. The largest absolute Gasteiger partial charge is 0.396 e. The highest BCUT2D eigenvalue weighted by atomic mass is 16.5. The molecule has 1 aliphatic rings. The molecule has 3 heteroatoms. The van der Waals surface area contributed by atoms with Gasteiger partial charge in [0.05, 0.1) is 25.2 Å². The van der Waals surface area contributed by atoms with E-state index in [9.17, 15) is 5.11 Å². The van der Waals surface area contributed by atoms with E-state index in [0.717, 1.165) is 6.54 Å². The molecule has 0 amide bonds. The fourth-order valence-corrected chi connectivity index (χ4v) is 2.42. The molecule has 0 aromatic heterocycles.